The van der Waals surface area contributed by atoms with Crippen molar-refractivity contribution in [2.24, 2.45) is 0 Å². The van der Waals surface area contributed by atoms with Gasteiger partial charge >= 0.3 is 0 Å². The Kier molecular flexibility index (Phi) is 2.77. The van der Waals surface area contributed by atoms with E-state index in [4.69, 9.17) is 0 Å². The van der Waals surface area contributed by atoms with Gasteiger partial charge in [-0.15, -0.1) is 0 Å². The van der Waals surface area contributed by atoms with Gasteiger partial charge in [-0.2, -0.15) is 0 Å². The molecule has 0 aromatic rings. The number of carbonyl (C=O) groups is 1. The van der Waals surface area contributed by atoms with Gasteiger partial charge in [0.15, 0.2) is 0 Å². The molecule has 0 aromatic heterocycles. The van der Waals surface area contributed by atoms with Gasteiger partial charge in [0, 0.05) is 38.6 Å². The molecule has 1 atom stereocenters. The van der Waals surface area contributed by atoms with E-state index in [1.54, 1.807) is 6.92 Å². The second-order valence-corrected chi connectivity index (χ2v) is 4.64. The third-order valence-corrected chi connectivity index (χ3v) is 3.65. The SMILES string of the molecule is CC(=O)N1CCN(C2CCC2)C[C@H]1C. The fourth-order valence-electron chi connectivity index (χ4n) is 2.54. The van der Waals surface area contributed by atoms with Crippen molar-refractivity contribution in [1.29, 1.82) is 0 Å². The molecule has 0 spiro atoms. The number of rotatable bonds is 1. The first-order valence-corrected chi connectivity index (χ1v) is 5.69. The van der Waals surface area contributed by atoms with Gasteiger partial charge in [-0.25, -0.2) is 0 Å². The van der Waals surface area contributed by atoms with E-state index in [1.165, 1.54) is 19.3 Å². The van der Waals surface area contributed by atoms with Crippen LogP contribution in [0.1, 0.15) is 33.1 Å². The van der Waals surface area contributed by atoms with E-state index in [0.29, 0.717) is 6.04 Å². The molecule has 1 aliphatic heterocycles. The van der Waals surface area contributed by atoms with Crippen molar-refractivity contribution in [3.8, 4) is 0 Å². The fourth-order valence-corrected chi connectivity index (χ4v) is 2.54. The van der Waals surface area contributed by atoms with Gasteiger partial charge in [-0.3, -0.25) is 9.69 Å². The van der Waals surface area contributed by atoms with Crippen LogP contribution >= 0.6 is 0 Å². The minimum absolute atomic E-state index is 0.228. The molecule has 0 N–H and O–H groups in total. The Balaban J connectivity index is 1.88. The lowest BCUT2D eigenvalue weighted by Crippen LogP contribution is -2.57. The van der Waals surface area contributed by atoms with E-state index in [-0.39, 0.29) is 5.91 Å². The lowest BCUT2D eigenvalue weighted by molar-refractivity contribution is -0.134. The van der Waals surface area contributed by atoms with E-state index in [1.807, 2.05) is 4.90 Å². The highest BCUT2D eigenvalue weighted by molar-refractivity contribution is 5.73. The van der Waals surface area contributed by atoms with Crippen LogP contribution < -0.4 is 0 Å². The molecule has 0 radical (unpaired) electrons. The molecule has 3 nitrogen and oxygen atoms in total. The van der Waals surface area contributed by atoms with Crippen molar-refractivity contribution in [3.05, 3.63) is 0 Å². The zero-order valence-corrected chi connectivity index (χ0v) is 9.20. The first kappa shape index (κ1) is 9.97. The average molecular weight is 196 g/mol. The van der Waals surface area contributed by atoms with Crippen LogP contribution in [-0.4, -0.2) is 47.4 Å². The summed E-state index contributed by atoms with van der Waals surface area (Å²) in [6.45, 7) is 6.91. The minimum atomic E-state index is 0.228. The average Bonchev–Trinajstić information content (AvgIpc) is 2.00. The molecule has 80 valence electrons. The molecule has 0 unspecified atom stereocenters. The van der Waals surface area contributed by atoms with E-state index in [2.05, 4.69) is 11.8 Å². The van der Waals surface area contributed by atoms with Gasteiger partial charge in [-0.1, -0.05) is 6.42 Å². The largest absolute Gasteiger partial charge is 0.338 e. The summed E-state index contributed by atoms with van der Waals surface area (Å²) in [5, 5.41) is 0. The number of nitrogens with zero attached hydrogens (tertiary/aromatic N) is 2. The van der Waals surface area contributed by atoms with Crippen molar-refractivity contribution in [3.63, 3.8) is 0 Å². The maximum Gasteiger partial charge on any atom is 0.219 e. The van der Waals surface area contributed by atoms with Crippen molar-refractivity contribution in [2.45, 2.75) is 45.2 Å². The van der Waals surface area contributed by atoms with Gasteiger partial charge in [0.2, 0.25) is 5.91 Å². The highest BCUT2D eigenvalue weighted by Gasteiger charge is 2.31. The molecule has 0 aromatic carbocycles. The maximum absolute atomic E-state index is 11.3. The number of hydrogen-bond donors (Lipinski definition) is 0. The lowest BCUT2D eigenvalue weighted by atomic mass is 9.90. The normalized spacial score (nSPS) is 30.1. The summed E-state index contributed by atoms with van der Waals surface area (Å²) in [6.07, 6.45) is 4.13. The van der Waals surface area contributed by atoms with Crippen LogP contribution in [0.25, 0.3) is 0 Å². The standard InChI is InChI=1S/C11H20N2O/c1-9-8-12(11-4-3-5-11)6-7-13(9)10(2)14/h9,11H,3-8H2,1-2H3/t9-/m1/s1. The Hall–Kier alpha value is -0.570. The molecular weight excluding hydrogens is 176 g/mol. The highest BCUT2D eigenvalue weighted by Crippen LogP contribution is 2.26. The van der Waals surface area contributed by atoms with Gasteiger partial charge in [-0.05, 0) is 19.8 Å². The smallest absolute Gasteiger partial charge is 0.219 e. The van der Waals surface area contributed by atoms with Crippen LogP contribution in [0.3, 0.4) is 0 Å². The number of amides is 1. The van der Waals surface area contributed by atoms with Crippen LogP contribution in [0.2, 0.25) is 0 Å². The number of piperazine rings is 1. The second kappa shape index (κ2) is 3.89. The predicted octanol–water partition coefficient (Wildman–Crippen LogP) is 1.09. The summed E-state index contributed by atoms with van der Waals surface area (Å²) in [5.74, 6) is 0.228. The molecule has 1 heterocycles. The van der Waals surface area contributed by atoms with Crippen LogP contribution in [0.5, 0.6) is 0 Å². The Bertz CT molecular complexity index is 225. The van der Waals surface area contributed by atoms with Crippen LogP contribution in [0.15, 0.2) is 0 Å². The first-order chi connectivity index (χ1) is 6.68. The monoisotopic (exact) mass is 196 g/mol. The number of carbonyl (C=O) groups excluding carboxylic acids is 1. The van der Waals surface area contributed by atoms with E-state index in [0.717, 1.165) is 25.7 Å². The van der Waals surface area contributed by atoms with E-state index >= 15 is 0 Å². The summed E-state index contributed by atoms with van der Waals surface area (Å²) in [6, 6.07) is 1.23. The Labute approximate surface area is 86.1 Å². The molecule has 1 saturated carbocycles. The molecule has 2 fully saturated rings. The van der Waals surface area contributed by atoms with Gasteiger partial charge < -0.3 is 4.90 Å². The third-order valence-electron chi connectivity index (χ3n) is 3.65. The molecule has 14 heavy (non-hydrogen) atoms. The molecule has 1 aliphatic carbocycles. The topological polar surface area (TPSA) is 23.6 Å². The summed E-state index contributed by atoms with van der Waals surface area (Å²) >= 11 is 0. The fraction of sp³-hybridized carbons (Fsp3) is 0.909. The van der Waals surface area contributed by atoms with Crippen molar-refractivity contribution in [2.75, 3.05) is 19.6 Å². The van der Waals surface area contributed by atoms with E-state index < -0.39 is 0 Å². The molecular formula is C11H20N2O. The molecule has 0 bridgehead atoms. The molecule has 2 rings (SSSR count). The number of hydrogen-bond acceptors (Lipinski definition) is 2. The van der Waals surface area contributed by atoms with E-state index in [9.17, 15) is 4.79 Å². The first-order valence-electron chi connectivity index (χ1n) is 5.69. The third kappa shape index (κ3) is 1.78. The predicted molar refractivity (Wildman–Crippen MR) is 56.1 cm³/mol. The molecule has 1 amide bonds. The van der Waals surface area contributed by atoms with Gasteiger partial charge in [0.05, 0.1) is 0 Å². The summed E-state index contributed by atoms with van der Waals surface area (Å²) in [7, 11) is 0. The minimum Gasteiger partial charge on any atom is -0.338 e. The second-order valence-electron chi connectivity index (χ2n) is 4.64. The maximum atomic E-state index is 11.3. The molecule has 2 aliphatic rings. The summed E-state index contributed by atoms with van der Waals surface area (Å²) < 4.78 is 0. The zero-order valence-electron chi connectivity index (χ0n) is 9.20. The van der Waals surface area contributed by atoms with Crippen molar-refractivity contribution >= 4 is 5.91 Å². The highest BCUT2D eigenvalue weighted by atomic mass is 16.2. The Morgan fingerprint density at radius 1 is 1.29 bits per heavy atom. The van der Waals surface area contributed by atoms with Crippen LogP contribution in [0, 0.1) is 0 Å². The summed E-state index contributed by atoms with van der Waals surface area (Å²) in [4.78, 5) is 15.8. The van der Waals surface area contributed by atoms with Crippen molar-refractivity contribution < 1.29 is 4.79 Å². The van der Waals surface area contributed by atoms with Crippen LogP contribution in [-0.2, 0) is 4.79 Å². The Morgan fingerprint density at radius 3 is 2.43 bits per heavy atom. The Morgan fingerprint density at radius 2 is 2.00 bits per heavy atom. The zero-order chi connectivity index (χ0) is 10.1. The van der Waals surface area contributed by atoms with Crippen molar-refractivity contribution in [1.82, 2.24) is 9.80 Å². The van der Waals surface area contributed by atoms with Gasteiger partial charge in [0.1, 0.15) is 0 Å². The van der Waals surface area contributed by atoms with Crippen LogP contribution in [0.4, 0.5) is 0 Å². The summed E-state index contributed by atoms with van der Waals surface area (Å²) in [5.41, 5.74) is 0. The van der Waals surface area contributed by atoms with Gasteiger partial charge in [0.25, 0.3) is 0 Å². The lowest BCUT2D eigenvalue weighted by Gasteiger charge is -2.45. The molecule has 1 saturated heterocycles. The molecule has 3 heteroatoms. The quantitative estimate of drug-likeness (QED) is 0.627.